The second-order valence-corrected chi connectivity index (χ2v) is 7.11. The van der Waals surface area contributed by atoms with Crippen molar-refractivity contribution in [3.63, 3.8) is 0 Å². The van der Waals surface area contributed by atoms with Gasteiger partial charge in [0, 0.05) is 19.6 Å². The van der Waals surface area contributed by atoms with Gasteiger partial charge in [-0.25, -0.2) is 4.98 Å². The fourth-order valence-corrected chi connectivity index (χ4v) is 3.21. The summed E-state index contributed by atoms with van der Waals surface area (Å²) >= 11 is 0. The Labute approximate surface area is 158 Å². The lowest BCUT2D eigenvalue weighted by molar-refractivity contribution is 0.0752. The predicted molar refractivity (Wildman–Crippen MR) is 105 cm³/mol. The molecule has 1 amide bonds. The summed E-state index contributed by atoms with van der Waals surface area (Å²) in [4.78, 5) is 32.2. The molecule has 142 valence electrons. The lowest BCUT2D eigenvalue weighted by atomic mass is 10.1. The van der Waals surface area contributed by atoms with Crippen molar-refractivity contribution in [1.82, 2.24) is 14.5 Å². The van der Waals surface area contributed by atoms with Gasteiger partial charge in [0.15, 0.2) is 0 Å². The van der Waals surface area contributed by atoms with Crippen LogP contribution in [0.15, 0.2) is 45.9 Å². The molecule has 0 fully saturated rings. The van der Waals surface area contributed by atoms with Crippen molar-refractivity contribution < 1.29 is 9.21 Å². The number of rotatable bonds is 6. The zero-order valence-corrected chi connectivity index (χ0v) is 16.2. The highest BCUT2D eigenvalue weighted by Crippen LogP contribution is 2.23. The molecule has 6 nitrogen and oxygen atoms in total. The minimum Gasteiger partial charge on any atom is -0.442 e. The van der Waals surface area contributed by atoms with Crippen LogP contribution in [0.1, 0.15) is 42.5 Å². The molecule has 3 rings (SSSR count). The molecule has 0 aliphatic carbocycles. The molecule has 0 unspecified atom stereocenters. The standard InChI is InChI=1S/C21H25N3O3/c1-5-23(12-16-9-7-6-8-10-16)20(25)17-15(4)27-19-18(17)21(26)24(13-22-19)11-14(2)3/h6-10,13-14H,5,11-12H2,1-4H3. The second-order valence-electron chi connectivity index (χ2n) is 7.11. The molecule has 0 bridgehead atoms. The summed E-state index contributed by atoms with van der Waals surface area (Å²) in [5.74, 6) is 0.506. The van der Waals surface area contributed by atoms with E-state index in [2.05, 4.69) is 4.98 Å². The van der Waals surface area contributed by atoms with Gasteiger partial charge in [-0.2, -0.15) is 0 Å². The lowest BCUT2D eigenvalue weighted by Gasteiger charge is -2.21. The Morgan fingerprint density at radius 1 is 1.26 bits per heavy atom. The first-order valence-electron chi connectivity index (χ1n) is 9.24. The Morgan fingerprint density at radius 2 is 1.96 bits per heavy atom. The Morgan fingerprint density at radius 3 is 2.59 bits per heavy atom. The number of nitrogens with zero attached hydrogens (tertiary/aromatic N) is 3. The monoisotopic (exact) mass is 367 g/mol. The summed E-state index contributed by atoms with van der Waals surface area (Å²) in [5.41, 5.74) is 1.34. The van der Waals surface area contributed by atoms with Crippen LogP contribution in [-0.2, 0) is 13.1 Å². The SMILES string of the molecule is CCN(Cc1ccccc1)C(=O)c1c(C)oc2ncn(CC(C)C)c(=O)c12. The maximum absolute atomic E-state index is 13.3. The summed E-state index contributed by atoms with van der Waals surface area (Å²) in [6, 6.07) is 9.79. The summed E-state index contributed by atoms with van der Waals surface area (Å²) in [7, 11) is 0. The molecule has 0 N–H and O–H groups in total. The fourth-order valence-electron chi connectivity index (χ4n) is 3.21. The van der Waals surface area contributed by atoms with Crippen molar-refractivity contribution in [2.75, 3.05) is 6.54 Å². The summed E-state index contributed by atoms with van der Waals surface area (Å²) < 4.78 is 7.18. The first-order valence-corrected chi connectivity index (χ1v) is 9.24. The number of hydrogen-bond acceptors (Lipinski definition) is 4. The van der Waals surface area contributed by atoms with Crippen LogP contribution in [0.4, 0.5) is 0 Å². The molecule has 2 heterocycles. The molecule has 0 saturated carbocycles. The van der Waals surface area contributed by atoms with Crippen molar-refractivity contribution in [2.45, 2.75) is 40.8 Å². The number of aromatic nitrogens is 2. The second kappa shape index (κ2) is 7.78. The lowest BCUT2D eigenvalue weighted by Crippen LogP contribution is -2.32. The summed E-state index contributed by atoms with van der Waals surface area (Å²) in [6.45, 7) is 9.24. The van der Waals surface area contributed by atoms with E-state index in [0.717, 1.165) is 5.56 Å². The van der Waals surface area contributed by atoms with Crippen molar-refractivity contribution in [3.8, 4) is 0 Å². The van der Waals surface area contributed by atoms with Crippen molar-refractivity contribution in [2.24, 2.45) is 5.92 Å². The van der Waals surface area contributed by atoms with E-state index in [1.54, 1.807) is 16.4 Å². The third kappa shape index (κ3) is 3.79. The summed E-state index contributed by atoms with van der Waals surface area (Å²) in [6.07, 6.45) is 1.49. The number of benzene rings is 1. The number of fused-ring (bicyclic) bond motifs is 1. The van der Waals surface area contributed by atoms with Crippen LogP contribution >= 0.6 is 0 Å². The highest BCUT2D eigenvalue weighted by atomic mass is 16.3. The van der Waals surface area contributed by atoms with Gasteiger partial charge in [-0.05, 0) is 25.3 Å². The average Bonchev–Trinajstić information content (AvgIpc) is 2.99. The van der Waals surface area contributed by atoms with Gasteiger partial charge in [-0.3, -0.25) is 14.2 Å². The van der Waals surface area contributed by atoms with Crippen molar-refractivity contribution in [1.29, 1.82) is 0 Å². The van der Waals surface area contributed by atoms with Crippen LogP contribution in [0.5, 0.6) is 0 Å². The van der Waals surface area contributed by atoms with Gasteiger partial charge in [0.2, 0.25) is 5.71 Å². The molecule has 3 aromatic rings. The van der Waals surface area contributed by atoms with Gasteiger partial charge in [0.05, 0.1) is 5.56 Å². The van der Waals surface area contributed by atoms with Crippen LogP contribution in [0, 0.1) is 12.8 Å². The quantitative estimate of drug-likeness (QED) is 0.667. The van der Waals surface area contributed by atoms with Gasteiger partial charge in [-0.1, -0.05) is 44.2 Å². The highest BCUT2D eigenvalue weighted by molar-refractivity contribution is 6.06. The Balaban J connectivity index is 2.05. The van der Waals surface area contributed by atoms with Crippen LogP contribution in [0.3, 0.4) is 0 Å². The normalized spacial score (nSPS) is 11.3. The van der Waals surface area contributed by atoms with Gasteiger partial charge < -0.3 is 9.32 Å². The van der Waals surface area contributed by atoms with E-state index in [1.165, 1.54) is 6.33 Å². The van der Waals surface area contributed by atoms with E-state index < -0.39 is 0 Å². The minimum absolute atomic E-state index is 0.209. The van der Waals surface area contributed by atoms with Gasteiger partial charge >= 0.3 is 0 Å². The van der Waals surface area contributed by atoms with Gasteiger partial charge in [0.25, 0.3) is 11.5 Å². The molecular weight excluding hydrogens is 342 g/mol. The summed E-state index contributed by atoms with van der Waals surface area (Å²) in [5, 5.41) is 0.271. The zero-order chi connectivity index (χ0) is 19.6. The number of amides is 1. The third-order valence-corrected chi connectivity index (χ3v) is 4.52. The fraction of sp³-hybridized carbons (Fsp3) is 0.381. The van der Waals surface area contributed by atoms with E-state index in [-0.39, 0.29) is 22.6 Å². The van der Waals surface area contributed by atoms with Crippen molar-refractivity contribution in [3.05, 3.63) is 63.9 Å². The van der Waals surface area contributed by atoms with Crippen LogP contribution < -0.4 is 5.56 Å². The first kappa shape index (κ1) is 18.9. The largest absolute Gasteiger partial charge is 0.442 e. The average molecular weight is 367 g/mol. The Bertz CT molecular complexity index is 1000. The Kier molecular flexibility index (Phi) is 5.44. The molecular formula is C21H25N3O3. The van der Waals surface area contributed by atoms with E-state index in [1.807, 2.05) is 51.1 Å². The zero-order valence-electron chi connectivity index (χ0n) is 16.2. The minimum atomic E-state index is -0.232. The number of hydrogen-bond donors (Lipinski definition) is 0. The number of aryl methyl sites for hydroxylation is 1. The molecule has 6 heteroatoms. The molecule has 0 radical (unpaired) electrons. The predicted octanol–water partition coefficient (Wildman–Crippen LogP) is 3.62. The molecule has 2 aromatic heterocycles. The molecule has 0 atom stereocenters. The number of carbonyl (C=O) groups is 1. The molecule has 1 aromatic carbocycles. The molecule has 0 aliphatic rings. The van der Waals surface area contributed by atoms with E-state index in [0.29, 0.717) is 36.9 Å². The van der Waals surface area contributed by atoms with E-state index >= 15 is 0 Å². The van der Waals surface area contributed by atoms with Gasteiger partial charge in [-0.15, -0.1) is 0 Å². The third-order valence-electron chi connectivity index (χ3n) is 4.52. The maximum Gasteiger partial charge on any atom is 0.265 e. The molecule has 0 saturated heterocycles. The topological polar surface area (TPSA) is 68.3 Å². The number of carbonyl (C=O) groups excluding carboxylic acids is 1. The van der Waals surface area contributed by atoms with Gasteiger partial charge in [0.1, 0.15) is 17.5 Å². The highest BCUT2D eigenvalue weighted by Gasteiger charge is 2.26. The van der Waals surface area contributed by atoms with E-state index in [9.17, 15) is 9.59 Å². The molecule has 0 spiro atoms. The Hall–Kier alpha value is -2.89. The van der Waals surface area contributed by atoms with E-state index in [4.69, 9.17) is 4.42 Å². The van der Waals surface area contributed by atoms with Crippen LogP contribution in [-0.4, -0.2) is 26.9 Å². The maximum atomic E-state index is 13.3. The van der Waals surface area contributed by atoms with Crippen LogP contribution in [0.25, 0.3) is 11.1 Å². The smallest absolute Gasteiger partial charge is 0.265 e. The number of furan rings is 1. The molecule has 0 aliphatic heterocycles. The molecule has 27 heavy (non-hydrogen) atoms. The van der Waals surface area contributed by atoms with Crippen molar-refractivity contribution >= 4 is 17.0 Å². The van der Waals surface area contributed by atoms with Crippen LogP contribution in [0.2, 0.25) is 0 Å². The first-order chi connectivity index (χ1) is 12.9.